The first-order chi connectivity index (χ1) is 6.59. The van der Waals surface area contributed by atoms with Crippen LogP contribution in [0.25, 0.3) is 11.0 Å². The lowest BCUT2D eigenvalue weighted by Gasteiger charge is -1.99. The molecule has 1 aromatic heterocycles. The molecule has 0 amide bonds. The zero-order valence-corrected chi connectivity index (χ0v) is 7.57. The van der Waals surface area contributed by atoms with Gasteiger partial charge in [-0.1, -0.05) is 0 Å². The Kier molecular flexibility index (Phi) is 1.70. The van der Waals surface area contributed by atoms with Gasteiger partial charge in [-0.15, -0.1) is 0 Å². The number of rotatable bonds is 1. The maximum absolute atomic E-state index is 10.9. The average Bonchev–Trinajstić information content (AvgIpc) is 2.43. The lowest BCUT2D eigenvalue weighted by atomic mass is 10.1. The lowest BCUT2D eigenvalue weighted by molar-refractivity contribution is 0.0699. The first kappa shape index (κ1) is 8.62. The molecule has 0 spiro atoms. The zero-order chi connectivity index (χ0) is 10.3. The van der Waals surface area contributed by atoms with Crippen molar-refractivity contribution in [1.29, 1.82) is 0 Å². The Hall–Kier alpha value is -1.97. The van der Waals surface area contributed by atoms with Crippen molar-refractivity contribution in [3.8, 4) is 0 Å². The number of benzene rings is 1. The van der Waals surface area contributed by atoms with Gasteiger partial charge >= 0.3 is 5.97 Å². The highest BCUT2D eigenvalue weighted by Crippen LogP contribution is 2.26. The Morgan fingerprint density at radius 3 is 2.86 bits per heavy atom. The van der Waals surface area contributed by atoms with Crippen LogP contribution in [0, 0.1) is 6.92 Å². The summed E-state index contributed by atoms with van der Waals surface area (Å²) in [7, 11) is 0. The van der Waals surface area contributed by atoms with Gasteiger partial charge in [0, 0.05) is 11.1 Å². The van der Waals surface area contributed by atoms with E-state index in [1.54, 1.807) is 25.1 Å². The number of nitrogens with two attached hydrogens (primary N) is 1. The Balaban J connectivity index is 2.88. The molecule has 0 aliphatic heterocycles. The normalized spacial score (nSPS) is 10.6. The number of hydrogen-bond donors (Lipinski definition) is 2. The number of carbonyl (C=O) groups is 1. The molecule has 0 saturated heterocycles. The summed E-state index contributed by atoms with van der Waals surface area (Å²) in [5.41, 5.74) is 6.16. The van der Waals surface area contributed by atoms with Crippen molar-refractivity contribution in [2.45, 2.75) is 6.92 Å². The number of fused-ring (bicyclic) bond motifs is 1. The molecule has 2 aromatic rings. The molecule has 0 aliphatic rings. The summed E-state index contributed by atoms with van der Waals surface area (Å²) in [6.07, 6.45) is 0. The molecule has 4 nitrogen and oxygen atoms in total. The van der Waals surface area contributed by atoms with Crippen LogP contribution in [0.3, 0.4) is 0 Å². The lowest BCUT2D eigenvalue weighted by Crippen LogP contribution is -2.02. The molecule has 72 valence electrons. The van der Waals surface area contributed by atoms with Crippen molar-refractivity contribution in [3.05, 3.63) is 29.5 Å². The van der Waals surface area contributed by atoms with Crippen molar-refractivity contribution in [1.82, 2.24) is 0 Å². The van der Waals surface area contributed by atoms with E-state index in [0.717, 1.165) is 5.39 Å². The largest absolute Gasteiger partial charge is 0.477 e. The number of furan rings is 1. The van der Waals surface area contributed by atoms with Crippen LogP contribution in [0.5, 0.6) is 0 Å². The highest BCUT2D eigenvalue weighted by atomic mass is 16.4. The van der Waals surface area contributed by atoms with Gasteiger partial charge in [-0.3, -0.25) is 0 Å². The standard InChI is InChI=1S/C10H9NO3/c1-5-4-6-2-3-7(11)8(10(12)13)9(6)14-5/h2-4H,11H2,1H3,(H,12,13). The van der Waals surface area contributed by atoms with Gasteiger partial charge in [0.25, 0.3) is 0 Å². The minimum absolute atomic E-state index is 0.0376. The molecule has 4 heteroatoms. The van der Waals surface area contributed by atoms with E-state index in [1.165, 1.54) is 0 Å². The number of aryl methyl sites for hydroxylation is 1. The fraction of sp³-hybridized carbons (Fsp3) is 0.100. The topological polar surface area (TPSA) is 76.5 Å². The number of carboxylic acid groups (broad SMARTS) is 1. The van der Waals surface area contributed by atoms with Crippen molar-refractivity contribution in [3.63, 3.8) is 0 Å². The molecule has 0 bridgehead atoms. The monoisotopic (exact) mass is 191 g/mol. The SMILES string of the molecule is Cc1cc2ccc(N)c(C(=O)O)c2o1. The molecular formula is C10H9NO3. The summed E-state index contributed by atoms with van der Waals surface area (Å²) in [5, 5.41) is 9.69. The molecule has 0 unspecified atom stereocenters. The van der Waals surface area contributed by atoms with Gasteiger partial charge < -0.3 is 15.3 Å². The highest BCUT2D eigenvalue weighted by molar-refractivity contribution is 6.06. The molecule has 1 heterocycles. The molecule has 0 aliphatic carbocycles. The molecule has 0 atom stereocenters. The molecular weight excluding hydrogens is 182 g/mol. The predicted molar refractivity (Wildman–Crippen MR) is 52.3 cm³/mol. The van der Waals surface area contributed by atoms with Gasteiger partial charge in [-0.2, -0.15) is 0 Å². The number of nitrogen functional groups attached to an aromatic ring is 1. The maximum Gasteiger partial charge on any atom is 0.341 e. The van der Waals surface area contributed by atoms with Crippen LogP contribution < -0.4 is 5.73 Å². The quantitative estimate of drug-likeness (QED) is 0.676. The summed E-state index contributed by atoms with van der Waals surface area (Å²) in [4.78, 5) is 10.9. The summed E-state index contributed by atoms with van der Waals surface area (Å²) < 4.78 is 5.28. The van der Waals surface area contributed by atoms with Crippen LogP contribution in [-0.4, -0.2) is 11.1 Å². The van der Waals surface area contributed by atoms with Crippen molar-refractivity contribution in [2.24, 2.45) is 0 Å². The van der Waals surface area contributed by atoms with Crippen LogP contribution in [-0.2, 0) is 0 Å². The van der Waals surface area contributed by atoms with Crippen LogP contribution in [0.15, 0.2) is 22.6 Å². The van der Waals surface area contributed by atoms with Gasteiger partial charge in [0.1, 0.15) is 11.3 Å². The Labute approximate surface area is 79.9 Å². The molecule has 3 N–H and O–H groups in total. The Bertz CT molecular complexity index is 513. The fourth-order valence-electron chi connectivity index (χ4n) is 1.47. The third-order valence-electron chi connectivity index (χ3n) is 2.06. The van der Waals surface area contributed by atoms with Gasteiger partial charge in [-0.05, 0) is 25.1 Å². The van der Waals surface area contributed by atoms with Crippen molar-refractivity contribution >= 4 is 22.6 Å². The van der Waals surface area contributed by atoms with Crippen molar-refractivity contribution < 1.29 is 14.3 Å². The highest BCUT2D eigenvalue weighted by Gasteiger charge is 2.15. The summed E-state index contributed by atoms with van der Waals surface area (Å²) in [6, 6.07) is 5.09. The molecule has 14 heavy (non-hydrogen) atoms. The summed E-state index contributed by atoms with van der Waals surface area (Å²) >= 11 is 0. The number of hydrogen-bond acceptors (Lipinski definition) is 3. The van der Waals surface area contributed by atoms with E-state index in [4.69, 9.17) is 15.3 Å². The van der Waals surface area contributed by atoms with E-state index in [1.807, 2.05) is 0 Å². The van der Waals surface area contributed by atoms with Gasteiger partial charge in [0.2, 0.25) is 0 Å². The van der Waals surface area contributed by atoms with E-state index in [2.05, 4.69) is 0 Å². The zero-order valence-electron chi connectivity index (χ0n) is 7.57. The minimum atomic E-state index is -1.07. The van der Waals surface area contributed by atoms with Crippen LogP contribution in [0.4, 0.5) is 5.69 Å². The van der Waals surface area contributed by atoms with E-state index in [9.17, 15) is 4.79 Å². The third-order valence-corrected chi connectivity index (χ3v) is 2.06. The molecule has 0 saturated carbocycles. The number of carboxylic acids is 1. The van der Waals surface area contributed by atoms with E-state index in [-0.39, 0.29) is 11.3 Å². The van der Waals surface area contributed by atoms with Crippen molar-refractivity contribution in [2.75, 3.05) is 5.73 Å². The predicted octanol–water partition coefficient (Wildman–Crippen LogP) is 2.02. The van der Waals surface area contributed by atoms with Crippen LogP contribution in [0.2, 0.25) is 0 Å². The van der Waals surface area contributed by atoms with Gasteiger partial charge in [0.05, 0.1) is 0 Å². The molecule has 2 rings (SSSR count). The second kappa shape index (κ2) is 2.77. The fourth-order valence-corrected chi connectivity index (χ4v) is 1.47. The maximum atomic E-state index is 10.9. The molecule has 0 fully saturated rings. The van der Waals surface area contributed by atoms with Gasteiger partial charge in [-0.25, -0.2) is 4.79 Å². The van der Waals surface area contributed by atoms with Crippen LogP contribution in [0.1, 0.15) is 16.1 Å². The first-order valence-corrected chi connectivity index (χ1v) is 4.11. The van der Waals surface area contributed by atoms with Crippen LogP contribution >= 0.6 is 0 Å². The number of anilines is 1. The van der Waals surface area contributed by atoms with E-state index < -0.39 is 5.97 Å². The van der Waals surface area contributed by atoms with E-state index >= 15 is 0 Å². The Morgan fingerprint density at radius 2 is 2.21 bits per heavy atom. The van der Waals surface area contributed by atoms with E-state index in [0.29, 0.717) is 11.3 Å². The second-order valence-electron chi connectivity index (χ2n) is 3.11. The first-order valence-electron chi connectivity index (χ1n) is 4.11. The number of aromatic carboxylic acids is 1. The average molecular weight is 191 g/mol. The van der Waals surface area contributed by atoms with Gasteiger partial charge in [0.15, 0.2) is 5.58 Å². The Morgan fingerprint density at radius 1 is 1.50 bits per heavy atom. The summed E-state index contributed by atoms with van der Waals surface area (Å²) in [5.74, 6) is -0.393. The third kappa shape index (κ3) is 1.12. The second-order valence-corrected chi connectivity index (χ2v) is 3.11. The smallest absolute Gasteiger partial charge is 0.341 e. The molecule has 1 aromatic carbocycles. The molecule has 0 radical (unpaired) electrons. The minimum Gasteiger partial charge on any atom is -0.477 e. The summed E-state index contributed by atoms with van der Waals surface area (Å²) in [6.45, 7) is 1.77.